The largest absolute Gasteiger partial charge is 0.483 e. The minimum absolute atomic E-state index is 0.00629. The van der Waals surface area contributed by atoms with Crippen LogP contribution >= 0.6 is 11.8 Å². The first-order valence-corrected chi connectivity index (χ1v) is 7.89. The van der Waals surface area contributed by atoms with Crippen LogP contribution in [-0.2, 0) is 0 Å². The fourth-order valence-electron chi connectivity index (χ4n) is 2.52. The second-order valence-corrected chi connectivity index (χ2v) is 6.94. The van der Waals surface area contributed by atoms with Gasteiger partial charge in [0.05, 0.1) is 0 Å². The number of alkyl halides is 3. The first-order valence-electron chi connectivity index (χ1n) is 7.07. The van der Waals surface area contributed by atoms with Gasteiger partial charge in [-0.05, 0) is 62.0 Å². The molecule has 2 nitrogen and oxygen atoms in total. The smallest absolute Gasteiger partial charge is 0.446 e. The molecule has 2 aromatic rings. The second kappa shape index (κ2) is 5.81. The average Bonchev–Trinajstić information content (AvgIpc) is 2.45. The molecule has 0 fully saturated rings. The van der Waals surface area contributed by atoms with Gasteiger partial charge in [0.1, 0.15) is 22.9 Å². The summed E-state index contributed by atoms with van der Waals surface area (Å²) < 4.78 is 57.8. The summed E-state index contributed by atoms with van der Waals surface area (Å²) in [5.41, 5.74) is -4.23. The number of hydrogen-bond donors (Lipinski definition) is 0. The molecule has 1 aliphatic rings. The lowest BCUT2D eigenvalue weighted by molar-refractivity contribution is -0.0328. The summed E-state index contributed by atoms with van der Waals surface area (Å²) in [4.78, 5) is 4.05. The zero-order valence-electron chi connectivity index (χ0n) is 12.8. The fourth-order valence-corrected chi connectivity index (χ4v) is 3.10. The molecule has 1 aliphatic heterocycles. The van der Waals surface area contributed by atoms with Crippen molar-refractivity contribution in [3.8, 4) is 5.75 Å². The van der Waals surface area contributed by atoms with Gasteiger partial charge in [-0.1, -0.05) is 0 Å². The van der Waals surface area contributed by atoms with Crippen molar-refractivity contribution < 1.29 is 22.3 Å². The fraction of sp³-hybridized carbons (Fsp3) is 0.235. The van der Waals surface area contributed by atoms with E-state index in [1.807, 2.05) is 0 Å². The molecule has 0 aliphatic carbocycles. The highest BCUT2D eigenvalue weighted by atomic mass is 32.2. The molecule has 2 heterocycles. The Bertz CT molecular complexity index is 814. The number of ether oxygens (including phenoxy) is 1. The Hall–Kier alpha value is -2.02. The van der Waals surface area contributed by atoms with E-state index >= 15 is 0 Å². The molecule has 0 atom stereocenters. The Morgan fingerprint density at radius 3 is 2.58 bits per heavy atom. The van der Waals surface area contributed by atoms with Gasteiger partial charge in [0.2, 0.25) is 0 Å². The summed E-state index contributed by atoms with van der Waals surface area (Å²) in [6.07, 6.45) is 3.11. The summed E-state index contributed by atoms with van der Waals surface area (Å²) in [5.74, 6) is -0.143. The quantitative estimate of drug-likeness (QED) is 0.529. The zero-order valence-corrected chi connectivity index (χ0v) is 13.6. The molecule has 0 bridgehead atoms. The molecule has 0 saturated heterocycles. The number of thioether (sulfide) groups is 1. The molecule has 0 unspecified atom stereocenters. The first kappa shape index (κ1) is 16.8. The van der Waals surface area contributed by atoms with Gasteiger partial charge in [0.25, 0.3) is 0 Å². The van der Waals surface area contributed by atoms with Crippen molar-refractivity contribution in [3.63, 3.8) is 0 Å². The zero-order chi connectivity index (χ0) is 17.5. The molecular weight excluding hydrogens is 342 g/mol. The van der Waals surface area contributed by atoms with Crippen molar-refractivity contribution in [2.75, 3.05) is 0 Å². The molecule has 7 heteroatoms. The number of benzene rings is 1. The first-order chi connectivity index (χ1) is 11.1. The minimum atomic E-state index is -4.40. The third-order valence-electron chi connectivity index (χ3n) is 3.35. The third kappa shape index (κ3) is 3.56. The number of nitrogens with zero attached hydrogens (tertiary/aromatic N) is 1. The summed E-state index contributed by atoms with van der Waals surface area (Å²) in [7, 11) is 0. The van der Waals surface area contributed by atoms with E-state index < -0.39 is 16.9 Å². The number of pyridine rings is 1. The van der Waals surface area contributed by atoms with Gasteiger partial charge in [0.15, 0.2) is 0 Å². The summed E-state index contributed by atoms with van der Waals surface area (Å²) in [6, 6.07) is 6.88. The highest BCUT2D eigenvalue weighted by molar-refractivity contribution is 8.00. The Balaban J connectivity index is 2.14. The van der Waals surface area contributed by atoms with Crippen molar-refractivity contribution in [1.29, 1.82) is 0 Å². The SMILES string of the molecule is CC1(C)C=C(c2ncccc2F)c2cc(SC(F)(F)F)ccc2O1. The lowest BCUT2D eigenvalue weighted by atomic mass is 9.92. The van der Waals surface area contributed by atoms with Crippen molar-refractivity contribution in [2.45, 2.75) is 29.9 Å². The van der Waals surface area contributed by atoms with E-state index in [1.165, 1.54) is 36.5 Å². The van der Waals surface area contributed by atoms with Crippen LogP contribution in [0.1, 0.15) is 25.1 Å². The molecule has 3 rings (SSSR count). The van der Waals surface area contributed by atoms with Gasteiger partial charge in [-0.2, -0.15) is 13.2 Å². The van der Waals surface area contributed by atoms with E-state index in [0.717, 1.165) is 0 Å². The lowest BCUT2D eigenvalue weighted by Crippen LogP contribution is -2.29. The van der Waals surface area contributed by atoms with E-state index in [2.05, 4.69) is 4.98 Å². The van der Waals surface area contributed by atoms with Gasteiger partial charge in [0, 0.05) is 22.2 Å². The number of fused-ring (bicyclic) bond motifs is 1. The topological polar surface area (TPSA) is 22.1 Å². The second-order valence-electron chi connectivity index (χ2n) is 5.80. The molecule has 0 saturated carbocycles. The van der Waals surface area contributed by atoms with Gasteiger partial charge in [-0.15, -0.1) is 0 Å². The van der Waals surface area contributed by atoms with Crippen LogP contribution in [0.3, 0.4) is 0 Å². The van der Waals surface area contributed by atoms with Crippen molar-refractivity contribution in [2.24, 2.45) is 0 Å². The summed E-state index contributed by atoms with van der Waals surface area (Å²) >= 11 is -0.222. The molecule has 0 amide bonds. The Kier molecular flexibility index (Phi) is 4.07. The summed E-state index contributed by atoms with van der Waals surface area (Å²) in [6.45, 7) is 3.57. The van der Waals surface area contributed by atoms with Gasteiger partial charge in [-0.25, -0.2) is 4.39 Å². The van der Waals surface area contributed by atoms with Crippen LogP contribution in [0.4, 0.5) is 17.6 Å². The predicted molar refractivity (Wildman–Crippen MR) is 84.3 cm³/mol. The molecule has 0 spiro atoms. The number of aromatic nitrogens is 1. The van der Waals surface area contributed by atoms with Crippen molar-refractivity contribution >= 4 is 17.3 Å². The molecular formula is C17H13F4NOS. The van der Waals surface area contributed by atoms with Crippen LogP contribution in [0.2, 0.25) is 0 Å². The van der Waals surface area contributed by atoms with Crippen LogP contribution in [0.5, 0.6) is 5.75 Å². The molecule has 1 aromatic carbocycles. The number of rotatable bonds is 2. The van der Waals surface area contributed by atoms with Gasteiger partial charge in [-0.3, -0.25) is 4.98 Å². The highest BCUT2D eigenvalue weighted by Gasteiger charge is 2.32. The van der Waals surface area contributed by atoms with Crippen LogP contribution in [0, 0.1) is 5.82 Å². The maximum atomic E-state index is 14.2. The lowest BCUT2D eigenvalue weighted by Gasteiger charge is -2.31. The standard InChI is InChI=1S/C17H13F4NOS/c1-16(2)9-12(15-13(18)4-3-7-22-15)11-8-10(24-17(19,20)21)5-6-14(11)23-16/h3-9H,1-2H3. The third-order valence-corrected chi connectivity index (χ3v) is 4.07. The number of halogens is 4. The monoisotopic (exact) mass is 355 g/mol. The van der Waals surface area contributed by atoms with Gasteiger partial charge < -0.3 is 4.74 Å². The maximum Gasteiger partial charge on any atom is 0.446 e. The highest BCUT2D eigenvalue weighted by Crippen LogP contribution is 2.44. The van der Waals surface area contributed by atoms with Crippen LogP contribution < -0.4 is 4.74 Å². The Morgan fingerprint density at radius 2 is 1.92 bits per heavy atom. The molecule has 24 heavy (non-hydrogen) atoms. The van der Waals surface area contributed by atoms with Gasteiger partial charge >= 0.3 is 5.51 Å². The predicted octanol–water partition coefficient (Wildman–Crippen LogP) is 5.44. The average molecular weight is 355 g/mol. The van der Waals surface area contributed by atoms with E-state index in [9.17, 15) is 17.6 Å². The number of hydrogen-bond acceptors (Lipinski definition) is 3. The van der Waals surface area contributed by atoms with Crippen LogP contribution in [-0.4, -0.2) is 16.1 Å². The molecule has 1 aromatic heterocycles. The maximum absolute atomic E-state index is 14.2. The molecule has 0 N–H and O–H groups in total. The van der Waals surface area contributed by atoms with Crippen molar-refractivity contribution in [3.05, 3.63) is 59.7 Å². The van der Waals surface area contributed by atoms with Crippen molar-refractivity contribution in [1.82, 2.24) is 4.98 Å². The van der Waals surface area contributed by atoms with Crippen LogP contribution in [0.15, 0.2) is 47.5 Å². The van der Waals surface area contributed by atoms with Crippen LogP contribution in [0.25, 0.3) is 5.57 Å². The normalized spacial score (nSPS) is 16.2. The van der Waals surface area contributed by atoms with E-state index in [0.29, 0.717) is 16.9 Å². The van der Waals surface area contributed by atoms with E-state index in [1.54, 1.807) is 19.9 Å². The Labute approximate surface area is 140 Å². The summed E-state index contributed by atoms with van der Waals surface area (Å²) in [5, 5.41) is 0. The minimum Gasteiger partial charge on any atom is -0.483 e. The van der Waals surface area contributed by atoms with E-state index in [-0.39, 0.29) is 22.4 Å². The Morgan fingerprint density at radius 1 is 1.17 bits per heavy atom. The molecule has 0 radical (unpaired) electrons. The van der Waals surface area contributed by atoms with E-state index in [4.69, 9.17) is 4.74 Å². The molecule has 126 valence electrons.